The van der Waals surface area contributed by atoms with Crippen molar-refractivity contribution in [1.82, 2.24) is 0 Å². The Hall–Kier alpha value is -0.870. The summed E-state index contributed by atoms with van der Waals surface area (Å²) in [6, 6.07) is 0. The summed E-state index contributed by atoms with van der Waals surface area (Å²) < 4.78 is 27.0. The van der Waals surface area contributed by atoms with Crippen LogP contribution in [0.15, 0.2) is 35.8 Å². The van der Waals surface area contributed by atoms with Crippen LogP contribution in [0, 0.1) is 0 Å². The van der Waals surface area contributed by atoms with E-state index >= 15 is 0 Å². The summed E-state index contributed by atoms with van der Waals surface area (Å²) in [5.74, 6) is 0. The van der Waals surface area contributed by atoms with Crippen molar-refractivity contribution < 1.29 is 12.6 Å². The lowest BCUT2D eigenvalue weighted by atomic mass is 10.00. The molecule has 4 heteroatoms. The Morgan fingerprint density at radius 2 is 2.40 bits per heavy atom. The molecule has 0 aliphatic heterocycles. The van der Waals surface area contributed by atoms with Crippen molar-refractivity contribution in [3.8, 4) is 0 Å². The molecule has 3 nitrogen and oxygen atoms in total. The van der Waals surface area contributed by atoms with E-state index in [1.54, 1.807) is 6.92 Å². The predicted molar refractivity (Wildman–Crippen MR) is 60.7 cm³/mol. The molecule has 0 saturated carbocycles. The zero-order valence-corrected chi connectivity index (χ0v) is 9.66. The second kappa shape index (κ2) is 5.28. The predicted octanol–water partition coefficient (Wildman–Crippen LogP) is 2.53. The largest absolute Gasteiger partial charge is 0.289 e. The van der Waals surface area contributed by atoms with E-state index in [1.165, 1.54) is 5.57 Å². The van der Waals surface area contributed by atoms with E-state index in [-0.39, 0.29) is 6.10 Å². The molecule has 0 saturated heterocycles. The Bertz CT molecular complexity index is 377. The van der Waals surface area contributed by atoms with E-state index in [9.17, 15) is 8.42 Å². The van der Waals surface area contributed by atoms with Crippen LogP contribution in [0.1, 0.15) is 26.2 Å². The van der Waals surface area contributed by atoms with Crippen LogP contribution in [-0.2, 0) is 14.3 Å². The van der Waals surface area contributed by atoms with Crippen molar-refractivity contribution >= 4 is 10.1 Å². The highest BCUT2D eigenvalue weighted by Gasteiger charge is 2.13. The highest BCUT2D eigenvalue weighted by molar-refractivity contribution is 7.89. The SMILES string of the molecule is C=CS(=O)(=O)O[C@@H](C)CC1=CC=CCC1. The Labute approximate surface area is 91.3 Å². The van der Waals surface area contributed by atoms with Gasteiger partial charge in [0.15, 0.2) is 0 Å². The molecular weight excluding hydrogens is 212 g/mol. The Kier molecular flexibility index (Phi) is 4.29. The molecule has 0 N–H and O–H groups in total. The first-order valence-electron chi connectivity index (χ1n) is 4.94. The number of allylic oxidation sites excluding steroid dienone is 3. The van der Waals surface area contributed by atoms with E-state index in [2.05, 4.69) is 12.7 Å². The molecule has 0 radical (unpaired) electrons. The molecule has 15 heavy (non-hydrogen) atoms. The van der Waals surface area contributed by atoms with Crippen LogP contribution in [0.5, 0.6) is 0 Å². The molecule has 1 atom stereocenters. The van der Waals surface area contributed by atoms with E-state index < -0.39 is 10.1 Å². The van der Waals surface area contributed by atoms with Crippen LogP contribution in [0.2, 0.25) is 0 Å². The lowest BCUT2D eigenvalue weighted by molar-refractivity contribution is 0.232. The summed E-state index contributed by atoms with van der Waals surface area (Å²) in [5.41, 5.74) is 1.23. The Morgan fingerprint density at radius 3 is 2.93 bits per heavy atom. The van der Waals surface area contributed by atoms with Crippen LogP contribution < -0.4 is 0 Å². The molecule has 1 rings (SSSR count). The van der Waals surface area contributed by atoms with Gasteiger partial charge in [-0.15, -0.1) is 0 Å². The third-order valence-electron chi connectivity index (χ3n) is 2.15. The third-order valence-corrected chi connectivity index (χ3v) is 3.16. The van der Waals surface area contributed by atoms with Gasteiger partial charge in [-0.25, -0.2) is 0 Å². The molecule has 84 valence electrons. The van der Waals surface area contributed by atoms with Gasteiger partial charge in [0.05, 0.1) is 11.5 Å². The van der Waals surface area contributed by atoms with Gasteiger partial charge in [0.25, 0.3) is 10.1 Å². The second-order valence-corrected chi connectivity index (χ2v) is 5.07. The van der Waals surface area contributed by atoms with Gasteiger partial charge in [0.2, 0.25) is 0 Å². The first-order chi connectivity index (χ1) is 7.03. The highest BCUT2D eigenvalue weighted by Crippen LogP contribution is 2.19. The van der Waals surface area contributed by atoms with Crippen LogP contribution in [0.4, 0.5) is 0 Å². The van der Waals surface area contributed by atoms with Crippen molar-refractivity contribution in [1.29, 1.82) is 0 Å². The van der Waals surface area contributed by atoms with Crippen molar-refractivity contribution in [3.05, 3.63) is 35.8 Å². The molecule has 0 aromatic carbocycles. The molecule has 1 aliphatic rings. The fourth-order valence-corrected chi connectivity index (χ4v) is 2.10. The fraction of sp³-hybridized carbons (Fsp3) is 0.455. The maximum absolute atomic E-state index is 11.1. The van der Waals surface area contributed by atoms with Gasteiger partial charge in [-0.2, -0.15) is 8.42 Å². The van der Waals surface area contributed by atoms with Gasteiger partial charge in [-0.3, -0.25) is 4.18 Å². The van der Waals surface area contributed by atoms with E-state index in [4.69, 9.17) is 4.18 Å². The standard InChI is InChI=1S/C11H16O3S/c1-3-15(12,13)14-10(2)9-11-7-5-4-6-8-11/h3-5,7,10H,1,6,8-9H2,2H3/t10-/m0/s1. The lowest BCUT2D eigenvalue weighted by Gasteiger charge is -2.14. The first kappa shape index (κ1) is 12.2. The number of rotatable bonds is 5. The smallest absolute Gasteiger partial charge is 0.263 e. The van der Waals surface area contributed by atoms with Crippen LogP contribution in [-0.4, -0.2) is 14.5 Å². The molecule has 0 aromatic rings. The molecular formula is C11H16O3S. The molecule has 0 unspecified atom stereocenters. The van der Waals surface area contributed by atoms with Gasteiger partial charge in [0.1, 0.15) is 0 Å². The zero-order chi connectivity index (χ0) is 11.3. The fourth-order valence-electron chi connectivity index (χ4n) is 1.49. The maximum atomic E-state index is 11.1. The summed E-state index contributed by atoms with van der Waals surface area (Å²) in [6.45, 7) is 4.94. The minimum Gasteiger partial charge on any atom is -0.263 e. The summed E-state index contributed by atoms with van der Waals surface area (Å²) in [4.78, 5) is 0. The second-order valence-electron chi connectivity index (χ2n) is 3.56. The zero-order valence-electron chi connectivity index (χ0n) is 8.85. The average Bonchev–Trinajstić information content (AvgIpc) is 2.18. The molecule has 0 spiro atoms. The monoisotopic (exact) mass is 228 g/mol. The van der Waals surface area contributed by atoms with Crippen LogP contribution in [0.3, 0.4) is 0 Å². The van der Waals surface area contributed by atoms with E-state index in [0.29, 0.717) is 6.42 Å². The highest BCUT2D eigenvalue weighted by atomic mass is 32.2. The minimum absolute atomic E-state index is 0.328. The van der Waals surface area contributed by atoms with Gasteiger partial charge in [0, 0.05) is 0 Å². The number of hydrogen-bond donors (Lipinski definition) is 0. The van der Waals surface area contributed by atoms with Crippen molar-refractivity contribution in [2.45, 2.75) is 32.3 Å². The molecule has 0 aromatic heterocycles. The van der Waals surface area contributed by atoms with Gasteiger partial charge in [-0.05, 0) is 26.2 Å². The maximum Gasteiger partial charge on any atom is 0.289 e. The number of hydrogen-bond acceptors (Lipinski definition) is 3. The van der Waals surface area contributed by atoms with Crippen LogP contribution >= 0.6 is 0 Å². The minimum atomic E-state index is -3.55. The molecule has 0 bridgehead atoms. The summed E-state index contributed by atoms with van der Waals surface area (Å²) in [5, 5.41) is 0.832. The van der Waals surface area contributed by atoms with E-state index in [0.717, 1.165) is 18.2 Å². The van der Waals surface area contributed by atoms with Crippen molar-refractivity contribution in [3.63, 3.8) is 0 Å². The third kappa shape index (κ3) is 4.44. The lowest BCUT2D eigenvalue weighted by Crippen LogP contribution is -2.14. The molecule has 0 amide bonds. The summed E-state index contributed by atoms with van der Waals surface area (Å²) in [6.07, 6.45) is 8.43. The van der Waals surface area contributed by atoms with E-state index in [1.807, 2.05) is 12.2 Å². The topological polar surface area (TPSA) is 43.4 Å². The van der Waals surface area contributed by atoms with Gasteiger partial charge >= 0.3 is 0 Å². The average molecular weight is 228 g/mol. The van der Waals surface area contributed by atoms with Gasteiger partial charge < -0.3 is 0 Å². The first-order valence-corrected chi connectivity index (χ1v) is 6.41. The Morgan fingerprint density at radius 1 is 1.67 bits per heavy atom. The van der Waals surface area contributed by atoms with Gasteiger partial charge in [-0.1, -0.05) is 30.4 Å². The molecule has 0 heterocycles. The normalized spacial score (nSPS) is 18.3. The molecule has 1 aliphatic carbocycles. The van der Waals surface area contributed by atoms with Crippen molar-refractivity contribution in [2.75, 3.05) is 0 Å². The summed E-state index contributed by atoms with van der Waals surface area (Å²) in [7, 11) is -3.55. The van der Waals surface area contributed by atoms with Crippen molar-refractivity contribution in [2.24, 2.45) is 0 Å². The summed E-state index contributed by atoms with van der Waals surface area (Å²) >= 11 is 0. The Balaban J connectivity index is 2.49. The van der Waals surface area contributed by atoms with Crippen LogP contribution in [0.25, 0.3) is 0 Å². The molecule has 0 fully saturated rings. The quantitative estimate of drug-likeness (QED) is 0.679.